The number of fused-ring (bicyclic) bond motifs is 2. The van der Waals surface area contributed by atoms with Crippen molar-refractivity contribution in [3.63, 3.8) is 0 Å². The summed E-state index contributed by atoms with van der Waals surface area (Å²) >= 11 is 2.00. The second-order valence-electron chi connectivity index (χ2n) is 5.72. The van der Waals surface area contributed by atoms with Crippen molar-refractivity contribution < 1.29 is 0 Å². The van der Waals surface area contributed by atoms with Crippen molar-refractivity contribution in [1.29, 1.82) is 0 Å². The molecule has 2 fully saturated rings. The molecule has 2 aliphatic rings. The highest BCUT2D eigenvalue weighted by Gasteiger charge is 2.39. The molecule has 2 heterocycles. The lowest BCUT2D eigenvalue weighted by Gasteiger charge is -2.51. The Kier molecular flexibility index (Phi) is 5.19. The summed E-state index contributed by atoms with van der Waals surface area (Å²) in [7, 11) is 0. The SMILES string of the molecule is CCNC1CC2CCCC(C1)N2C(C)CSC. The smallest absolute Gasteiger partial charge is 0.0163 e. The largest absolute Gasteiger partial charge is 0.314 e. The molecule has 2 nitrogen and oxygen atoms in total. The van der Waals surface area contributed by atoms with E-state index in [1.165, 1.54) is 37.9 Å². The van der Waals surface area contributed by atoms with E-state index >= 15 is 0 Å². The molecule has 0 amide bonds. The summed E-state index contributed by atoms with van der Waals surface area (Å²) in [6.07, 6.45) is 9.30. The third kappa shape index (κ3) is 3.18. The predicted molar refractivity (Wildman–Crippen MR) is 77.8 cm³/mol. The number of thioether (sulfide) groups is 1. The van der Waals surface area contributed by atoms with Gasteiger partial charge in [-0.25, -0.2) is 0 Å². The Hall–Kier alpha value is 0.270. The van der Waals surface area contributed by atoms with E-state index in [2.05, 4.69) is 30.3 Å². The standard InChI is InChI=1S/C14H28N2S/c1-4-15-12-8-13-6-5-7-14(9-12)16(13)11(2)10-17-3/h11-15H,4-10H2,1-3H3. The van der Waals surface area contributed by atoms with Gasteiger partial charge in [0.2, 0.25) is 0 Å². The second-order valence-corrected chi connectivity index (χ2v) is 6.63. The van der Waals surface area contributed by atoms with Crippen molar-refractivity contribution in [2.24, 2.45) is 0 Å². The Labute approximate surface area is 111 Å². The first-order valence-electron chi connectivity index (χ1n) is 7.26. The molecule has 3 atom stereocenters. The van der Waals surface area contributed by atoms with Crippen LogP contribution >= 0.6 is 11.8 Å². The summed E-state index contributed by atoms with van der Waals surface area (Å²) in [5, 5.41) is 3.67. The maximum Gasteiger partial charge on any atom is 0.0163 e. The van der Waals surface area contributed by atoms with E-state index in [0.717, 1.165) is 30.7 Å². The van der Waals surface area contributed by atoms with Gasteiger partial charge >= 0.3 is 0 Å². The lowest BCUT2D eigenvalue weighted by Crippen LogP contribution is -2.59. The van der Waals surface area contributed by atoms with Gasteiger partial charge in [-0.1, -0.05) is 13.3 Å². The normalized spacial score (nSPS) is 35.8. The van der Waals surface area contributed by atoms with Crippen LogP contribution in [0.5, 0.6) is 0 Å². The molecule has 1 N–H and O–H groups in total. The molecule has 0 aliphatic carbocycles. The minimum Gasteiger partial charge on any atom is -0.314 e. The van der Waals surface area contributed by atoms with Gasteiger partial charge in [0.1, 0.15) is 0 Å². The Morgan fingerprint density at radius 2 is 1.94 bits per heavy atom. The maximum atomic E-state index is 3.67. The minimum atomic E-state index is 0.767. The number of piperidine rings is 2. The minimum absolute atomic E-state index is 0.767. The molecular formula is C14H28N2S. The van der Waals surface area contributed by atoms with Crippen molar-refractivity contribution in [3.05, 3.63) is 0 Å². The fraction of sp³-hybridized carbons (Fsp3) is 1.00. The van der Waals surface area contributed by atoms with Gasteiger partial charge in [-0.3, -0.25) is 4.90 Å². The van der Waals surface area contributed by atoms with E-state index in [9.17, 15) is 0 Å². The van der Waals surface area contributed by atoms with Crippen LogP contribution in [0.25, 0.3) is 0 Å². The Bertz CT molecular complexity index is 220. The molecule has 2 rings (SSSR count). The predicted octanol–water partition coefficient (Wildman–Crippen LogP) is 2.73. The summed E-state index contributed by atoms with van der Waals surface area (Å²) in [5.74, 6) is 1.29. The lowest BCUT2D eigenvalue weighted by atomic mass is 9.81. The van der Waals surface area contributed by atoms with Crippen LogP contribution in [-0.4, -0.2) is 47.6 Å². The summed E-state index contributed by atoms with van der Waals surface area (Å²) in [5.41, 5.74) is 0. The van der Waals surface area contributed by atoms with Crippen molar-refractivity contribution in [1.82, 2.24) is 10.2 Å². The van der Waals surface area contributed by atoms with Gasteiger partial charge in [0, 0.05) is 29.9 Å². The van der Waals surface area contributed by atoms with Crippen LogP contribution in [0.3, 0.4) is 0 Å². The van der Waals surface area contributed by atoms with Crippen LogP contribution in [0.4, 0.5) is 0 Å². The quantitative estimate of drug-likeness (QED) is 0.814. The van der Waals surface area contributed by atoms with Crippen LogP contribution in [0, 0.1) is 0 Å². The van der Waals surface area contributed by atoms with E-state index in [0.29, 0.717) is 0 Å². The highest BCUT2D eigenvalue weighted by atomic mass is 32.2. The van der Waals surface area contributed by atoms with Gasteiger partial charge in [0.25, 0.3) is 0 Å². The Morgan fingerprint density at radius 1 is 1.29 bits per heavy atom. The fourth-order valence-electron chi connectivity index (χ4n) is 3.92. The lowest BCUT2D eigenvalue weighted by molar-refractivity contribution is 0.00192. The topological polar surface area (TPSA) is 15.3 Å². The highest BCUT2D eigenvalue weighted by molar-refractivity contribution is 7.98. The zero-order valence-electron chi connectivity index (χ0n) is 11.6. The molecule has 0 spiro atoms. The van der Waals surface area contributed by atoms with Crippen molar-refractivity contribution in [3.8, 4) is 0 Å². The molecule has 0 aromatic carbocycles. The zero-order chi connectivity index (χ0) is 12.3. The van der Waals surface area contributed by atoms with Crippen LogP contribution in [0.2, 0.25) is 0 Å². The molecule has 2 saturated heterocycles. The second kappa shape index (κ2) is 6.44. The average Bonchev–Trinajstić information content (AvgIpc) is 2.28. The molecule has 2 aliphatic heterocycles. The maximum absolute atomic E-state index is 3.67. The van der Waals surface area contributed by atoms with Gasteiger partial charge in [0.15, 0.2) is 0 Å². The molecular weight excluding hydrogens is 228 g/mol. The van der Waals surface area contributed by atoms with Gasteiger partial charge < -0.3 is 5.32 Å². The average molecular weight is 256 g/mol. The molecule has 0 radical (unpaired) electrons. The third-order valence-electron chi connectivity index (χ3n) is 4.44. The van der Waals surface area contributed by atoms with Crippen molar-refractivity contribution in [2.75, 3.05) is 18.6 Å². The van der Waals surface area contributed by atoms with Gasteiger partial charge in [0.05, 0.1) is 0 Å². The van der Waals surface area contributed by atoms with E-state index < -0.39 is 0 Å². The number of rotatable bonds is 5. The Morgan fingerprint density at radius 3 is 2.47 bits per heavy atom. The molecule has 17 heavy (non-hydrogen) atoms. The third-order valence-corrected chi connectivity index (χ3v) is 5.26. The first kappa shape index (κ1) is 13.7. The summed E-state index contributed by atoms with van der Waals surface area (Å²) in [6.45, 7) is 5.79. The summed E-state index contributed by atoms with van der Waals surface area (Å²) in [4.78, 5) is 2.86. The number of nitrogens with one attached hydrogen (secondary N) is 1. The van der Waals surface area contributed by atoms with Crippen LogP contribution in [-0.2, 0) is 0 Å². The van der Waals surface area contributed by atoms with E-state index in [1.807, 2.05) is 11.8 Å². The molecule has 3 heteroatoms. The summed E-state index contributed by atoms with van der Waals surface area (Å²) < 4.78 is 0. The van der Waals surface area contributed by atoms with Gasteiger partial charge in [-0.15, -0.1) is 0 Å². The molecule has 2 bridgehead atoms. The fourth-order valence-corrected chi connectivity index (χ4v) is 4.57. The summed E-state index contributed by atoms with van der Waals surface area (Å²) in [6, 6.07) is 3.26. The van der Waals surface area contributed by atoms with Crippen LogP contribution < -0.4 is 5.32 Å². The van der Waals surface area contributed by atoms with Crippen LogP contribution in [0.15, 0.2) is 0 Å². The number of nitrogens with zero attached hydrogens (tertiary/aromatic N) is 1. The zero-order valence-corrected chi connectivity index (χ0v) is 12.4. The molecule has 100 valence electrons. The van der Waals surface area contributed by atoms with Crippen molar-refractivity contribution >= 4 is 11.8 Å². The van der Waals surface area contributed by atoms with Crippen LogP contribution in [0.1, 0.15) is 46.0 Å². The highest BCUT2D eigenvalue weighted by Crippen LogP contribution is 2.36. The van der Waals surface area contributed by atoms with Crippen molar-refractivity contribution in [2.45, 2.75) is 70.1 Å². The van der Waals surface area contributed by atoms with E-state index in [4.69, 9.17) is 0 Å². The molecule has 3 unspecified atom stereocenters. The number of hydrogen-bond acceptors (Lipinski definition) is 3. The monoisotopic (exact) mass is 256 g/mol. The molecule has 0 saturated carbocycles. The molecule has 0 aromatic rings. The Balaban J connectivity index is 1.99. The first-order valence-corrected chi connectivity index (χ1v) is 8.65. The van der Waals surface area contributed by atoms with Gasteiger partial charge in [-0.2, -0.15) is 11.8 Å². The van der Waals surface area contributed by atoms with E-state index in [-0.39, 0.29) is 0 Å². The molecule has 0 aromatic heterocycles. The van der Waals surface area contributed by atoms with Gasteiger partial charge in [-0.05, 0) is 45.4 Å². The van der Waals surface area contributed by atoms with E-state index in [1.54, 1.807) is 0 Å². The first-order chi connectivity index (χ1) is 8.26. The number of hydrogen-bond donors (Lipinski definition) is 1.